The highest BCUT2D eigenvalue weighted by molar-refractivity contribution is 6.30. The fraction of sp³-hybridized carbons (Fsp3) is 0.238. The van der Waals surface area contributed by atoms with Crippen LogP contribution in [-0.2, 0) is 0 Å². The second-order valence-corrected chi connectivity index (χ2v) is 6.23. The maximum atomic E-state index is 11.9. The molecule has 1 aromatic carbocycles. The molecule has 0 bridgehead atoms. The molecule has 5 nitrogen and oxygen atoms in total. The molecule has 0 radical (unpaired) electrons. The predicted octanol–water partition coefficient (Wildman–Crippen LogP) is 6.02. The Labute approximate surface area is 162 Å². The minimum Gasteiger partial charge on any atom is -0.443 e. The Morgan fingerprint density at radius 2 is 1.85 bits per heavy atom. The lowest BCUT2D eigenvalue weighted by Gasteiger charge is -2.09. The van der Waals surface area contributed by atoms with Crippen LogP contribution in [0.25, 0.3) is 33.0 Å². The number of halogens is 1. The second kappa shape index (κ2) is 7.84. The van der Waals surface area contributed by atoms with E-state index in [0.29, 0.717) is 22.9 Å². The molecule has 0 unspecified atom stereocenters. The number of carbonyl (C=O) groups is 1. The molecule has 0 aliphatic heterocycles. The Morgan fingerprint density at radius 1 is 1.07 bits per heavy atom. The standard InChI is InChI=1S/C19H14ClN3O2.C2H6/c1-3-16(24)15-4-10(2)14(8-21-15)13-5-11-7-22-17(20)6-12(11)18-19(13)25-9-23-18;1-2/h4-9H,3H2,1-2H3;1-2H3. The minimum absolute atomic E-state index is 0.0248. The van der Waals surface area contributed by atoms with Gasteiger partial charge in [0.05, 0.1) is 0 Å². The van der Waals surface area contributed by atoms with Crippen LogP contribution in [0.1, 0.15) is 43.2 Å². The second-order valence-electron chi connectivity index (χ2n) is 5.84. The van der Waals surface area contributed by atoms with E-state index in [1.165, 1.54) is 6.39 Å². The number of pyridine rings is 2. The normalized spacial score (nSPS) is 10.7. The Morgan fingerprint density at radius 3 is 2.56 bits per heavy atom. The number of benzene rings is 1. The van der Waals surface area contributed by atoms with Gasteiger partial charge >= 0.3 is 0 Å². The van der Waals surface area contributed by atoms with E-state index in [2.05, 4.69) is 15.0 Å². The number of Topliss-reactive ketones (excluding diaryl/α,β-unsaturated/α-hetero) is 1. The topological polar surface area (TPSA) is 68.9 Å². The van der Waals surface area contributed by atoms with Crippen LogP contribution in [0.2, 0.25) is 5.15 Å². The summed E-state index contributed by atoms with van der Waals surface area (Å²) in [7, 11) is 0. The first kappa shape index (κ1) is 19.0. The molecule has 0 amide bonds. The van der Waals surface area contributed by atoms with Crippen molar-refractivity contribution < 1.29 is 9.21 Å². The lowest BCUT2D eigenvalue weighted by Crippen LogP contribution is -2.01. The van der Waals surface area contributed by atoms with E-state index in [4.69, 9.17) is 16.0 Å². The molecule has 0 saturated carbocycles. The van der Waals surface area contributed by atoms with E-state index < -0.39 is 0 Å². The quantitative estimate of drug-likeness (QED) is 0.320. The lowest BCUT2D eigenvalue weighted by molar-refractivity contribution is 0.0983. The number of nitrogens with zero attached hydrogens (tertiary/aromatic N) is 3. The van der Waals surface area contributed by atoms with Crippen LogP contribution >= 0.6 is 11.6 Å². The molecule has 0 spiro atoms. The largest absolute Gasteiger partial charge is 0.443 e. The van der Waals surface area contributed by atoms with Crippen LogP contribution in [0.4, 0.5) is 0 Å². The molecule has 3 heterocycles. The highest BCUT2D eigenvalue weighted by Crippen LogP contribution is 2.36. The molecule has 0 aliphatic rings. The average Bonchev–Trinajstić information content (AvgIpc) is 3.19. The van der Waals surface area contributed by atoms with E-state index in [9.17, 15) is 4.79 Å². The average molecular weight is 382 g/mol. The van der Waals surface area contributed by atoms with Crippen LogP contribution in [-0.4, -0.2) is 20.7 Å². The van der Waals surface area contributed by atoms with Gasteiger partial charge in [-0.3, -0.25) is 9.78 Å². The monoisotopic (exact) mass is 381 g/mol. The van der Waals surface area contributed by atoms with Gasteiger partial charge < -0.3 is 4.42 Å². The molecule has 0 aliphatic carbocycles. The van der Waals surface area contributed by atoms with Gasteiger partial charge in [0, 0.05) is 40.7 Å². The summed E-state index contributed by atoms with van der Waals surface area (Å²) in [5.41, 5.74) is 4.58. The number of ketones is 1. The van der Waals surface area contributed by atoms with Gasteiger partial charge in [0.2, 0.25) is 0 Å². The molecule has 4 rings (SSSR count). The Kier molecular flexibility index (Phi) is 5.51. The third-order valence-electron chi connectivity index (χ3n) is 4.28. The summed E-state index contributed by atoms with van der Waals surface area (Å²) in [6.45, 7) is 7.78. The highest BCUT2D eigenvalue weighted by Gasteiger charge is 2.16. The summed E-state index contributed by atoms with van der Waals surface area (Å²) in [6.07, 6.45) is 5.28. The zero-order valence-electron chi connectivity index (χ0n) is 15.7. The maximum absolute atomic E-state index is 11.9. The van der Waals surface area contributed by atoms with E-state index in [1.54, 1.807) is 18.5 Å². The minimum atomic E-state index is 0.0248. The zero-order chi connectivity index (χ0) is 19.6. The summed E-state index contributed by atoms with van der Waals surface area (Å²) in [5.74, 6) is 0.0248. The van der Waals surface area contributed by atoms with Crippen LogP contribution in [0.3, 0.4) is 0 Å². The van der Waals surface area contributed by atoms with Gasteiger partial charge in [0.1, 0.15) is 16.4 Å². The van der Waals surface area contributed by atoms with Crippen molar-refractivity contribution in [3.63, 3.8) is 0 Å². The van der Waals surface area contributed by atoms with E-state index in [1.807, 2.05) is 39.8 Å². The van der Waals surface area contributed by atoms with Crippen LogP contribution in [0.15, 0.2) is 41.4 Å². The van der Waals surface area contributed by atoms with Gasteiger partial charge in [-0.15, -0.1) is 0 Å². The molecular weight excluding hydrogens is 362 g/mol. The van der Waals surface area contributed by atoms with Crippen LogP contribution < -0.4 is 0 Å². The van der Waals surface area contributed by atoms with Gasteiger partial charge in [0.15, 0.2) is 17.8 Å². The van der Waals surface area contributed by atoms with Crippen molar-refractivity contribution in [1.29, 1.82) is 0 Å². The number of hydrogen-bond acceptors (Lipinski definition) is 5. The number of aryl methyl sites for hydroxylation is 1. The molecular formula is C21H20ClN3O2. The molecule has 3 aromatic heterocycles. The SMILES string of the molecule is CC.CCC(=O)c1cc(C)c(-c2cc3cnc(Cl)cc3c3ncoc23)cn1. The Hall–Kier alpha value is -2.79. The Balaban J connectivity index is 0.00000102. The summed E-state index contributed by atoms with van der Waals surface area (Å²) >= 11 is 6.02. The fourth-order valence-corrected chi connectivity index (χ4v) is 3.14. The van der Waals surface area contributed by atoms with Crippen LogP contribution in [0, 0.1) is 6.92 Å². The maximum Gasteiger partial charge on any atom is 0.182 e. The van der Waals surface area contributed by atoms with Gasteiger partial charge in [-0.05, 0) is 30.7 Å². The number of aromatic nitrogens is 3. The summed E-state index contributed by atoms with van der Waals surface area (Å²) in [5, 5.41) is 2.20. The zero-order valence-corrected chi connectivity index (χ0v) is 16.5. The van der Waals surface area contributed by atoms with Crippen molar-refractivity contribution in [2.75, 3.05) is 0 Å². The van der Waals surface area contributed by atoms with E-state index >= 15 is 0 Å². The van der Waals surface area contributed by atoms with Gasteiger partial charge in [0.25, 0.3) is 0 Å². The van der Waals surface area contributed by atoms with Gasteiger partial charge in [-0.25, -0.2) is 9.97 Å². The van der Waals surface area contributed by atoms with Crippen molar-refractivity contribution in [2.24, 2.45) is 0 Å². The molecule has 27 heavy (non-hydrogen) atoms. The number of carbonyl (C=O) groups excluding carboxylic acids is 1. The molecule has 0 N–H and O–H groups in total. The fourth-order valence-electron chi connectivity index (χ4n) is 2.98. The lowest BCUT2D eigenvalue weighted by atomic mass is 9.97. The van der Waals surface area contributed by atoms with Crippen molar-refractivity contribution in [3.8, 4) is 11.1 Å². The highest BCUT2D eigenvalue weighted by atomic mass is 35.5. The summed E-state index contributed by atoms with van der Waals surface area (Å²) in [6, 6.07) is 5.57. The first-order chi connectivity index (χ1) is 13.1. The van der Waals surface area contributed by atoms with E-state index in [0.717, 1.165) is 33.0 Å². The predicted molar refractivity (Wildman–Crippen MR) is 108 cm³/mol. The van der Waals surface area contributed by atoms with Gasteiger partial charge in [-0.1, -0.05) is 32.4 Å². The van der Waals surface area contributed by atoms with Crippen molar-refractivity contribution >= 4 is 39.3 Å². The molecule has 0 fully saturated rings. The number of oxazole rings is 1. The third-order valence-corrected chi connectivity index (χ3v) is 4.48. The third kappa shape index (κ3) is 3.43. The first-order valence-corrected chi connectivity index (χ1v) is 9.28. The Bertz CT molecular complexity index is 1140. The number of fused-ring (bicyclic) bond motifs is 3. The van der Waals surface area contributed by atoms with Crippen molar-refractivity contribution in [1.82, 2.24) is 15.0 Å². The first-order valence-electron chi connectivity index (χ1n) is 8.90. The van der Waals surface area contributed by atoms with Gasteiger partial charge in [-0.2, -0.15) is 0 Å². The molecule has 0 saturated heterocycles. The number of rotatable bonds is 3. The molecule has 138 valence electrons. The molecule has 6 heteroatoms. The molecule has 0 atom stereocenters. The van der Waals surface area contributed by atoms with Crippen molar-refractivity contribution in [3.05, 3.63) is 53.4 Å². The van der Waals surface area contributed by atoms with Crippen molar-refractivity contribution in [2.45, 2.75) is 34.1 Å². The number of hydrogen-bond donors (Lipinski definition) is 0. The molecule has 4 aromatic rings. The van der Waals surface area contributed by atoms with Crippen LogP contribution in [0.5, 0.6) is 0 Å². The smallest absolute Gasteiger partial charge is 0.182 e. The summed E-state index contributed by atoms with van der Waals surface area (Å²) in [4.78, 5) is 24.7. The summed E-state index contributed by atoms with van der Waals surface area (Å²) < 4.78 is 5.64. The van der Waals surface area contributed by atoms with E-state index in [-0.39, 0.29) is 5.78 Å².